The first-order valence-electron chi connectivity index (χ1n) is 7.03. The zero-order chi connectivity index (χ0) is 14.7. The van der Waals surface area contributed by atoms with Gasteiger partial charge in [-0.2, -0.15) is 0 Å². The Labute approximate surface area is 124 Å². The molecular weight excluding hydrogens is 276 g/mol. The van der Waals surface area contributed by atoms with Gasteiger partial charge in [0.1, 0.15) is 0 Å². The summed E-state index contributed by atoms with van der Waals surface area (Å²) in [5.41, 5.74) is 5.45. The van der Waals surface area contributed by atoms with Crippen molar-refractivity contribution in [3.63, 3.8) is 0 Å². The number of carbonyl (C=O) groups excluding carboxylic acids is 2. The van der Waals surface area contributed by atoms with Gasteiger partial charge in [0.05, 0.1) is 17.5 Å². The summed E-state index contributed by atoms with van der Waals surface area (Å²) in [6.07, 6.45) is 2.45. The van der Waals surface area contributed by atoms with E-state index in [1.807, 2.05) is 0 Å². The molecule has 2 aliphatic rings. The number of thiocarbonyl (C=S) groups is 1. The average Bonchev–Trinajstić information content (AvgIpc) is 2.79. The lowest BCUT2D eigenvalue weighted by molar-refractivity contribution is -0.133. The van der Waals surface area contributed by atoms with Crippen molar-refractivity contribution in [1.29, 1.82) is 0 Å². The molecule has 2 rings (SSSR count). The van der Waals surface area contributed by atoms with E-state index in [9.17, 15) is 9.59 Å². The van der Waals surface area contributed by atoms with E-state index in [0.717, 1.165) is 19.4 Å². The number of amides is 2. The van der Waals surface area contributed by atoms with E-state index >= 15 is 0 Å². The highest BCUT2D eigenvalue weighted by Gasteiger charge is 2.41. The van der Waals surface area contributed by atoms with Gasteiger partial charge in [0.2, 0.25) is 11.8 Å². The highest BCUT2D eigenvalue weighted by atomic mass is 32.1. The van der Waals surface area contributed by atoms with Gasteiger partial charge in [-0.1, -0.05) is 12.2 Å². The first kappa shape index (κ1) is 15.2. The smallest absolute Gasteiger partial charge is 0.236 e. The summed E-state index contributed by atoms with van der Waals surface area (Å²) in [7, 11) is 1.76. The number of piperidine rings is 1. The van der Waals surface area contributed by atoms with Crippen molar-refractivity contribution in [3.05, 3.63) is 0 Å². The van der Waals surface area contributed by atoms with Crippen LogP contribution >= 0.6 is 12.2 Å². The Hall–Kier alpha value is -1.21. The molecule has 0 aliphatic carbocycles. The fourth-order valence-corrected chi connectivity index (χ4v) is 3.03. The van der Waals surface area contributed by atoms with Crippen LogP contribution in [0.15, 0.2) is 0 Å². The van der Waals surface area contributed by atoms with Crippen LogP contribution in [0.5, 0.6) is 0 Å². The van der Waals surface area contributed by atoms with E-state index in [4.69, 9.17) is 18.0 Å². The molecule has 0 saturated carbocycles. The molecule has 3 N–H and O–H groups in total. The van der Waals surface area contributed by atoms with Gasteiger partial charge in [0, 0.05) is 32.6 Å². The third-order valence-corrected chi connectivity index (χ3v) is 4.38. The molecule has 0 radical (unpaired) electrons. The highest BCUT2D eigenvalue weighted by Crippen LogP contribution is 2.27. The molecule has 0 aromatic carbocycles. The van der Waals surface area contributed by atoms with Crippen LogP contribution in [0, 0.1) is 5.92 Å². The zero-order valence-electron chi connectivity index (χ0n) is 11.8. The number of likely N-dealkylation sites (N-methyl/N-ethyl adjacent to an activating group) is 1. The van der Waals surface area contributed by atoms with E-state index in [2.05, 4.69) is 10.2 Å². The largest absolute Gasteiger partial charge is 0.393 e. The van der Waals surface area contributed by atoms with Crippen LogP contribution in [-0.4, -0.2) is 65.9 Å². The Morgan fingerprint density at radius 3 is 3.05 bits per heavy atom. The van der Waals surface area contributed by atoms with E-state index in [0.29, 0.717) is 31.0 Å². The number of carbonyl (C=O) groups is 2. The molecule has 0 aromatic rings. The molecule has 0 spiro atoms. The van der Waals surface area contributed by atoms with Crippen LogP contribution < -0.4 is 11.1 Å². The van der Waals surface area contributed by atoms with Gasteiger partial charge in [0.25, 0.3) is 0 Å². The Kier molecular flexibility index (Phi) is 4.93. The molecule has 2 atom stereocenters. The second-order valence-corrected chi connectivity index (χ2v) is 6.09. The predicted octanol–water partition coefficient (Wildman–Crippen LogP) is -0.669. The van der Waals surface area contributed by atoms with Crippen molar-refractivity contribution in [1.82, 2.24) is 15.1 Å². The molecule has 2 saturated heterocycles. The van der Waals surface area contributed by atoms with Crippen molar-refractivity contribution in [2.75, 3.05) is 33.2 Å². The minimum atomic E-state index is 0.0541. The van der Waals surface area contributed by atoms with E-state index in [-0.39, 0.29) is 23.8 Å². The summed E-state index contributed by atoms with van der Waals surface area (Å²) in [5.74, 6) is 0.244. The fourth-order valence-electron chi connectivity index (χ4n) is 2.93. The molecular formula is C13H22N4O2S. The summed E-state index contributed by atoms with van der Waals surface area (Å²) in [6, 6.07) is 0.171. The fraction of sp³-hybridized carbons (Fsp3) is 0.769. The summed E-state index contributed by atoms with van der Waals surface area (Å²) >= 11 is 4.82. The number of hydrogen-bond donors (Lipinski definition) is 2. The molecule has 0 aromatic heterocycles. The Balaban J connectivity index is 1.87. The molecule has 2 heterocycles. The SMILES string of the molecule is CN(CCC(N)=S)C(=O)CN1CCCC2C(=O)NCC21. The molecule has 6 nitrogen and oxygen atoms in total. The summed E-state index contributed by atoms with van der Waals surface area (Å²) < 4.78 is 0. The average molecular weight is 298 g/mol. The monoisotopic (exact) mass is 298 g/mol. The first-order valence-corrected chi connectivity index (χ1v) is 7.44. The topological polar surface area (TPSA) is 78.7 Å². The maximum absolute atomic E-state index is 12.2. The minimum absolute atomic E-state index is 0.0541. The van der Waals surface area contributed by atoms with Crippen molar-refractivity contribution >= 4 is 29.0 Å². The lowest BCUT2D eigenvalue weighted by atomic mass is 9.91. The molecule has 2 fully saturated rings. The minimum Gasteiger partial charge on any atom is -0.393 e. The molecule has 0 bridgehead atoms. The van der Waals surface area contributed by atoms with Crippen LogP contribution in [0.3, 0.4) is 0 Å². The van der Waals surface area contributed by atoms with Crippen molar-refractivity contribution in [2.24, 2.45) is 11.7 Å². The number of rotatable bonds is 5. The maximum atomic E-state index is 12.2. The third kappa shape index (κ3) is 3.46. The standard InChI is InChI=1S/C13H22N4O2S/c1-16(6-4-11(14)20)12(18)8-17-5-2-3-9-10(17)7-15-13(9)19/h9-10H,2-8H2,1H3,(H2,14,20)(H,15,19). The Morgan fingerprint density at radius 1 is 1.60 bits per heavy atom. The molecule has 112 valence electrons. The molecule has 2 amide bonds. The maximum Gasteiger partial charge on any atom is 0.236 e. The lowest BCUT2D eigenvalue weighted by Crippen LogP contribution is -2.50. The Morgan fingerprint density at radius 2 is 2.35 bits per heavy atom. The van der Waals surface area contributed by atoms with E-state index in [1.54, 1.807) is 11.9 Å². The van der Waals surface area contributed by atoms with Gasteiger partial charge in [0.15, 0.2) is 0 Å². The van der Waals surface area contributed by atoms with Crippen LogP contribution in [-0.2, 0) is 9.59 Å². The van der Waals surface area contributed by atoms with Gasteiger partial charge >= 0.3 is 0 Å². The molecule has 2 unspecified atom stereocenters. The van der Waals surface area contributed by atoms with Crippen molar-refractivity contribution < 1.29 is 9.59 Å². The van der Waals surface area contributed by atoms with E-state index in [1.165, 1.54) is 0 Å². The zero-order valence-corrected chi connectivity index (χ0v) is 12.6. The summed E-state index contributed by atoms with van der Waals surface area (Å²) in [5, 5.41) is 2.89. The van der Waals surface area contributed by atoms with E-state index < -0.39 is 0 Å². The van der Waals surface area contributed by atoms with Crippen LogP contribution in [0.2, 0.25) is 0 Å². The number of likely N-dealkylation sites (tertiary alicyclic amines) is 1. The normalized spacial score (nSPS) is 25.9. The van der Waals surface area contributed by atoms with Gasteiger partial charge in [-0.25, -0.2) is 0 Å². The molecule has 7 heteroatoms. The van der Waals surface area contributed by atoms with Crippen molar-refractivity contribution in [3.8, 4) is 0 Å². The van der Waals surface area contributed by atoms with Gasteiger partial charge < -0.3 is 16.0 Å². The number of nitrogens with two attached hydrogens (primary N) is 1. The van der Waals surface area contributed by atoms with Crippen LogP contribution in [0.1, 0.15) is 19.3 Å². The highest BCUT2D eigenvalue weighted by molar-refractivity contribution is 7.80. The number of fused-ring (bicyclic) bond motifs is 1. The van der Waals surface area contributed by atoms with Gasteiger partial charge in [-0.05, 0) is 19.4 Å². The first-order chi connectivity index (χ1) is 9.49. The van der Waals surface area contributed by atoms with Crippen LogP contribution in [0.25, 0.3) is 0 Å². The second-order valence-electron chi connectivity index (χ2n) is 5.56. The summed E-state index contributed by atoms with van der Waals surface area (Å²) in [6.45, 7) is 2.45. The van der Waals surface area contributed by atoms with Gasteiger partial charge in [-0.3, -0.25) is 14.5 Å². The quantitative estimate of drug-likeness (QED) is 0.658. The van der Waals surface area contributed by atoms with Crippen molar-refractivity contribution in [2.45, 2.75) is 25.3 Å². The molecule has 20 heavy (non-hydrogen) atoms. The lowest BCUT2D eigenvalue weighted by Gasteiger charge is -2.36. The third-order valence-electron chi connectivity index (χ3n) is 4.17. The Bertz CT molecular complexity index is 415. The molecule has 2 aliphatic heterocycles. The van der Waals surface area contributed by atoms with Crippen LogP contribution in [0.4, 0.5) is 0 Å². The number of hydrogen-bond acceptors (Lipinski definition) is 4. The number of nitrogens with one attached hydrogen (secondary N) is 1. The van der Waals surface area contributed by atoms with Gasteiger partial charge in [-0.15, -0.1) is 0 Å². The summed E-state index contributed by atoms with van der Waals surface area (Å²) in [4.78, 5) is 28.1. The second kappa shape index (κ2) is 6.49. The number of nitrogens with zero attached hydrogens (tertiary/aromatic N) is 2. The predicted molar refractivity (Wildman–Crippen MR) is 80.1 cm³/mol.